The predicted molar refractivity (Wildman–Crippen MR) is 209 cm³/mol. The molecule has 0 aromatic heterocycles. The van der Waals surface area contributed by atoms with Crippen LogP contribution in [0.3, 0.4) is 0 Å². The summed E-state index contributed by atoms with van der Waals surface area (Å²) in [5.41, 5.74) is 10.2. The van der Waals surface area contributed by atoms with E-state index in [1.807, 2.05) is 60.7 Å². The second-order valence-electron chi connectivity index (χ2n) is 12.5. The van der Waals surface area contributed by atoms with Gasteiger partial charge in [-0.3, -0.25) is 0 Å². The summed E-state index contributed by atoms with van der Waals surface area (Å²) >= 11 is 0. The van der Waals surface area contributed by atoms with E-state index in [1.165, 1.54) is 43.4 Å². The van der Waals surface area contributed by atoms with Gasteiger partial charge >= 0.3 is 0 Å². The zero-order chi connectivity index (χ0) is 34.2. The van der Waals surface area contributed by atoms with Crippen molar-refractivity contribution in [3.63, 3.8) is 0 Å². The summed E-state index contributed by atoms with van der Waals surface area (Å²) in [5, 5.41) is 17.0. The van der Waals surface area contributed by atoms with Gasteiger partial charge in [-0.05, 0) is 118 Å². The van der Waals surface area contributed by atoms with Gasteiger partial charge in [-0.15, -0.1) is 0 Å². The van der Waals surface area contributed by atoms with Crippen molar-refractivity contribution in [2.24, 2.45) is 0 Å². The topological polar surface area (TPSA) is 34.6 Å². The van der Waals surface area contributed by atoms with Crippen molar-refractivity contribution >= 4 is 72.1 Å². The van der Waals surface area contributed by atoms with Crippen LogP contribution < -0.4 is 9.80 Å². The van der Waals surface area contributed by atoms with Gasteiger partial charge in [0.2, 0.25) is 0 Å². The zero-order valence-electron chi connectivity index (χ0n) is 28.1. The Bertz CT molecular complexity index is 2380. The van der Waals surface area contributed by atoms with Crippen molar-refractivity contribution in [2.45, 2.75) is 26.7 Å². The Hall–Kier alpha value is -6.62. The second kappa shape index (κ2) is 12.8. The van der Waals surface area contributed by atoms with Gasteiger partial charge in [0.25, 0.3) is 0 Å². The molecule has 0 N–H and O–H groups in total. The minimum Gasteiger partial charge on any atom is -0.310 e. The summed E-state index contributed by atoms with van der Waals surface area (Å²) in [7, 11) is 0. The van der Waals surface area contributed by atoms with Gasteiger partial charge in [-0.1, -0.05) is 86.6 Å². The molecule has 0 bridgehead atoms. The van der Waals surface area contributed by atoms with E-state index >= 15 is 0 Å². The van der Waals surface area contributed by atoms with Gasteiger partial charge in [-0.25, -0.2) is 4.85 Å². The summed E-state index contributed by atoms with van der Waals surface area (Å²) in [4.78, 5) is 8.30. The monoisotopic (exact) mass is 642 g/mol. The van der Waals surface area contributed by atoms with Crippen LogP contribution in [0.5, 0.6) is 0 Å². The fourth-order valence-electron chi connectivity index (χ4n) is 7.42. The van der Waals surface area contributed by atoms with Crippen molar-refractivity contribution in [1.82, 2.24) is 0 Å². The first-order chi connectivity index (χ1) is 24.6. The van der Waals surface area contributed by atoms with Gasteiger partial charge in [0, 0.05) is 33.5 Å². The molecule has 8 aromatic carbocycles. The van der Waals surface area contributed by atoms with Crippen molar-refractivity contribution in [1.29, 1.82) is 5.26 Å². The van der Waals surface area contributed by atoms with Crippen LogP contribution in [0.2, 0.25) is 0 Å². The van der Waals surface area contributed by atoms with Crippen LogP contribution in [0.25, 0.3) is 37.2 Å². The highest BCUT2D eigenvalue weighted by atomic mass is 15.1. The van der Waals surface area contributed by atoms with E-state index in [0.717, 1.165) is 47.0 Å². The van der Waals surface area contributed by atoms with Crippen molar-refractivity contribution < 1.29 is 0 Å². The number of hydrogen-bond donors (Lipinski definition) is 0. The van der Waals surface area contributed by atoms with Crippen LogP contribution in [-0.2, 0) is 12.8 Å². The fraction of sp³-hybridized carbons (Fsp3) is 0.0870. The van der Waals surface area contributed by atoms with E-state index in [1.54, 1.807) is 0 Å². The molecule has 0 aliphatic rings. The summed E-state index contributed by atoms with van der Waals surface area (Å²) < 4.78 is 0. The molecule has 4 nitrogen and oxygen atoms in total. The highest BCUT2D eigenvalue weighted by Crippen LogP contribution is 2.49. The molecular formula is C46H34N4. The van der Waals surface area contributed by atoms with Crippen molar-refractivity contribution in [3.05, 3.63) is 174 Å². The Kier molecular flexibility index (Phi) is 7.84. The number of rotatable bonds is 8. The molecule has 50 heavy (non-hydrogen) atoms. The van der Waals surface area contributed by atoms with E-state index in [4.69, 9.17) is 6.57 Å². The molecule has 0 aliphatic heterocycles. The van der Waals surface area contributed by atoms with Crippen LogP contribution in [0.15, 0.2) is 146 Å². The highest BCUT2D eigenvalue weighted by Gasteiger charge is 2.24. The molecule has 238 valence electrons. The summed E-state index contributed by atoms with van der Waals surface area (Å²) in [5.74, 6) is 0. The molecule has 0 spiro atoms. The van der Waals surface area contributed by atoms with Crippen LogP contribution in [0.1, 0.15) is 30.5 Å². The molecule has 8 aromatic rings. The van der Waals surface area contributed by atoms with Crippen LogP contribution in [0.4, 0.5) is 39.8 Å². The zero-order valence-corrected chi connectivity index (χ0v) is 28.1. The number of nitriles is 1. The molecule has 0 fully saturated rings. The Morgan fingerprint density at radius 2 is 0.920 bits per heavy atom. The molecule has 0 unspecified atom stereocenters. The molecule has 0 saturated heterocycles. The Balaban J connectivity index is 1.47. The van der Waals surface area contributed by atoms with E-state index in [0.29, 0.717) is 11.3 Å². The lowest BCUT2D eigenvalue weighted by Crippen LogP contribution is -2.12. The Morgan fingerprint density at radius 1 is 0.520 bits per heavy atom. The van der Waals surface area contributed by atoms with Gasteiger partial charge < -0.3 is 9.80 Å². The molecule has 0 heterocycles. The number of anilines is 6. The van der Waals surface area contributed by atoms with Crippen molar-refractivity contribution in [3.8, 4) is 6.07 Å². The molecule has 0 radical (unpaired) electrons. The second-order valence-corrected chi connectivity index (χ2v) is 12.5. The molecule has 0 amide bonds. The summed E-state index contributed by atoms with van der Waals surface area (Å²) in [6.45, 7) is 12.0. The van der Waals surface area contributed by atoms with E-state index < -0.39 is 0 Å². The SMILES string of the molecule is [C-]#[N+]c1ccc(N(c2ccccc2)c2cc(CC)c3ccc4c(N(c5ccccc5)c5ccc(C#N)cc5)cc(CC)c5ccc2c3c54)cc1. The number of hydrogen-bond acceptors (Lipinski definition) is 3. The van der Waals surface area contributed by atoms with Crippen molar-refractivity contribution in [2.75, 3.05) is 9.80 Å². The summed E-state index contributed by atoms with van der Waals surface area (Å²) in [6, 6.07) is 52.9. The highest BCUT2D eigenvalue weighted by molar-refractivity contribution is 6.29. The fourth-order valence-corrected chi connectivity index (χ4v) is 7.42. The third kappa shape index (κ3) is 5.07. The lowest BCUT2D eigenvalue weighted by molar-refractivity contribution is 1.15. The van der Waals surface area contributed by atoms with E-state index in [9.17, 15) is 5.26 Å². The number of para-hydroxylation sites is 2. The third-order valence-electron chi connectivity index (χ3n) is 9.79. The molecular weight excluding hydrogens is 609 g/mol. The van der Waals surface area contributed by atoms with Gasteiger partial charge in [-0.2, -0.15) is 5.26 Å². The molecule has 0 aliphatic carbocycles. The predicted octanol–water partition coefficient (Wildman–Crippen LogP) is 13.1. The number of aryl methyl sites for hydroxylation is 2. The normalized spacial score (nSPS) is 11.1. The van der Waals surface area contributed by atoms with E-state index in [-0.39, 0.29) is 0 Å². The van der Waals surface area contributed by atoms with Gasteiger partial charge in [0.15, 0.2) is 5.69 Å². The Morgan fingerprint density at radius 3 is 1.32 bits per heavy atom. The van der Waals surface area contributed by atoms with Crippen LogP contribution in [-0.4, -0.2) is 0 Å². The Labute approximate surface area is 292 Å². The number of benzene rings is 8. The first-order valence-electron chi connectivity index (χ1n) is 17.1. The minimum atomic E-state index is 0.622. The van der Waals surface area contributed by atoms with Crippen LogP contribution >= 0.6 is 0 Å². The lowest BCUT2D eigenvalue weighted by Gasteiger charge is -2.30. The maximum absolute atomic E-state index is 9.56. The minimum absolute atomic E-state index is 0.622. The first-order valence-corrected chi connectivity index (χ1v) is 17.1. The molecule has 0 saturated carbocycles. The van der Waals surface area contributed by atoms with Gasteiger partial charge in [0.05, 0.1) is 29.6 Å². The quantitative estimate of drug-likeness (QED) is 0.122. The average Bonchev–Trinajstić information content (AvgIpc) is 3.19. The lowest BCUT2D eigenvalue weighted by atomic mass is 9.86. The first kappa shape index (κ1) is 30.7. The largest absolute Gasteiger partial charge is 0.310 e. The summed E-state index contributed by atoms with van der Waals surface area (Å²) in [6.07, 6.45) is 1.77. The standard InChI is InChI=1S/C46H34N4/c1-4-32-28-43(49(35-12-8-6-9-13-35)37-20-16-31(30-47)17-21-37)41-26-24-40-33(5-2)29-44(42-27-25-39(32)45(41)46(40)42)50(36-14-10-7-11-15-36)38-22-18-34(48-3)19-23-38/h6-29H,4-5H2,1-2H3. The maximum atomic E-state index is 9.56. The molecule has 0 atom stereocenters. The maximum Gasteiger partial charge on any atom is 0.187 e. The molecule has 8 rings (SSSR count). The average molecular weight is 643 g/mol. The third-order valence-corrected chi connectivity index (χ3v) is 9.79. The van der Waals surface area contributed by atoms with Crippen LogP contribution in [0, 0.1) is 17.9 Å². The van der Waals surface area contributed by atoms with E-state index in [2.05, 4.69) is 119 Å². The molecule has 4 heteroatoms. The number of nitrogens with zero attached hydrogens (tertiary/aromatic N) is 4. The van der Waals surface area contributed by atoms with Gasteiger partial charge in [0.1, 0.15) is 0 Å². The smallest absolute Gasteiger partial charge is 0.187 e.